The minimum atomic E-state index is -0.0251. The van der Waals surface area contributed by atoms with Crippen LogP contribution in [-0.4, -0.2) is 30.7 Å². The molecule has 5 heteroatoms. The van der Waals surface area contributed by atoms with E-state index in [-0.39, 0.29) is 17.9 Å². The van der Waals surface area contributed by atoms with Crippen LogP contribution in [0.3, 0.4) is 0 Å². The van der Waals surface area contributed by atoms with Gasteiger partial charge in [0.15, 0.2) is 11.2 Å². The van der Waals surface area contributed by atoms with Crippen molar-refractivity contribution in [2.45, 2.75) is 13.2 Å². The van der Waals surface area contributed by atoms with Crippen molar-refractivity contribution < 1.29 is 14.3 Å². The quantitative estimate of drug-likeness (QED) is 0.332. The van der Waals surface area contributed by atoms with Gasteiger partial charge in [-0.3, -0.25) is 9.59 Å². The molecule has 1 aromatic heterocycles. The SMILES string of the molecule is COCCOCn1c2ccccc2c(=O)c2cc3c(cc21)C(=O)c1ccccc1C3. The molecule has 1 aliphatic carbocycles. The average molecular weight is 399 g/mol. The van der Waals surface area contributed by atoms with Gasteiger partial charge in [-0.05, 0) is 41.8 Å². The summed E-state index contributed by atoms with van der Waals surface area (Å²) in [7, 11) is 1.63. The Hall–Kier alpha value is -3.28. The molecule has 0 saturated carbocycles. The zero-order chi connectivity index (χ0) is 20.7. The number of carbonyl (C=O) groups is 1. The summed E-state index contributed by atoms with van der Waals surface area (Å²) in [6, 6.07) is 18.9. The predicted molar refractivity (Wildman–Crippen MR) is 116 cm³/mol. The van der Waals surface area contributed by atoms with Crippen molar-refractivity contribution in [3.8, 4) is 0 Å². The highest BCUT2D eigenvalue weighted by molar-refractivity contribution is 6.14. The molecule has 0 N–H and O–H groups in total. The highest BCUT2D eigenvalue weighted by Gasteiger charge is 2.25. The molecule has 0 atom stereocenters. The van der Waals surface area contributed by atoms with E-state index < -0.39 is 0 Å². The van der Waals surface area contributed by atoms with Crippen LogP contribution in [0, 0.1) is 0 Å². The largest absolute Gasteiger partial charge is 0.382 e. The number of hydrogen-bond acceptors (Lipinski definition) is 4. The van der Waals surface area contributed by atoms with Crippen LogP contribution in [0.15, 0.2) is 65.5 Å². The van der Waals surface area contributed by atoms with E-state index in [1.165, 1.54) is 0 Å². The lowest BCUT2D eigenvalue weighted by molar-refractivity contribution is 0.0375. The van der Waals surface area contributed by atoms with Gasteiger partial charge in [-0.2, -0.15) is 0 Å². The number of carbonyl (C=O) groups excluding carboxylic acids is 1. The Kier molecular flexibility index (Phi) is 4.69. The van der Waals surface area contributed by atoms with Crippen molar-refractivity contribution in [1.82, 2.24) is 4.57 Å². The lowest BCUT2D eigenvalue weighted by Gasteiger charge is -2.21. The third-order valence-corrected chi connectivity index (χ3v) is 5.74. The normalized spacial score (nSPS) is 12.9. The molecule has 1 heterocycles. The van der Waals surface area contributed by atoms with Crippen molar-refractivity contribution in [1.29, 1.82) is 0 Å². The molecule has 0 radical (unpaired) electrons. The molecule has 0 bridgehead atoms. The topological polar surface area (TPSA) is 57.5 Å². The monoisotopic (exact) mass is 399 g/mol. The van der Waals surface area contributed by atoms with E-state index >= 15 is 0 Å². The number of fused-ring (bicyclic) bond motifs is 4. The van der Waals surface area contributed by atoms with Crippen molar-refractivity contribution in [3.63, 3.8) is 0 Å². The van der Waals surface area contributed by atoms with Crippen LogP contribution in [-0.2, 0) is 22.6 Å². The maximum absolute atomic E-state index is 13.3. The highest BCUT2D eigenvalue weighted by atomic mass is 16.5. The lowest BCUT2D eigenvalue weighted by Crippen LogP contribution is -2.19. The van der Waals surface area contributed by atoms with E-state index in [0.717, 1.165) is 22.2 Å². The fourth-order valence-electron chi connectivity index (χ4n) is 4.26. The first-order chi connectivity index (χ1) is 14.7. The van der Waals surface area contributed by atoms with Crippen molar-refractivity contribution in [3.05, 3.63) is 93.1 Å². The predicted octanol–water partition coefficient (Wildman–Crippen LogP) is 3.91. The van der Waals surface area contributed by atoms with Crippen LogP contribution >= 0.6 is 0 Å². The van der Waals surface area contributed by atoms with E-state index in [4.69, 9.17) is 9.47 Å². The van der Waals surface area contributed by atoms with Crippen molar-refractivity contribution in [2.75, 3.05) is 20.3 Å². The first-order valence-electron chi connectivity index (χ1n) is 9.96. The molecule has 0 saturated heterocycles. The maximum atomic E-state index is 13.3. The van der Waals surface area contributed by atoms with Gasteiger partial charge in [-0.25, -0.2) is 0 Å². The molecule has 30 heavy (non-hydrogen) atoms. The van der Waals surface area contributed by atoms with Crippen molar-refractivity contribution in [2.24, 2.45) is 0 Å². The summed E-state index contributed by atoms with van der Waals surface area (Å²) < 4.78 is 12.8. The Balaban J connectivity index is 1.75. The number of ketones is 1. The number of benzene rings is 3. The van der Waals surface area contributed by atoms with Gasteiger partial charge in [0.05, 0.1) is 24.2 Å². The summed E-state index contributed by atoms with van der Waals surface area (Å²) >= 11 is 0. The molecular formula is C25H21NO4. The van der Waals surface area contributed by atoms with Crippen LogP contribution in [0.25, 0.3) is 21.8 Å². The summed E-state index contributed by atoms with van der Waals surface area (Å²) in [5, 5.41) is 1.25. The Labute approximate surface area is 173 Å². The van der Waals surface area contributed by atoms with Gasteiger partial charge in [0.2, 0.25) is 0 Å². The molecule has 0 amide bonds. The number of methoxy groups -OCH3 is 1. The van der Waals surface area contributed by atoms with Gasteiger partial charge in [0.25, 0.3) is 0 Å². The Bertz CT molecular complexity index is 1350. The minimum Gasteiger partial charge on any atom is -0.382 e. The Morgan fingerprint density at radius 3 is 2.50 bits per heavy atom. The molecule has 5 rings (SSSR count). The van der Waals surface area contributed by atoms with E-state index in [1.54, 1.807) is 7.11 Å². The molecule has 0 fully saturated rings. The van der Waals surface area contributed by atoms with Gasteiger partial charge in [0.1, 0.15) is 6.73 Å². The third-order valence-electron chi connectivity index (χ3n) is 5.74. The molecular weight excluding hydrogens is 378 g/mol. The molecule has 1 aliphatic rings. The van der Waals surface area contributed by atoms with Gasteiger partial charge in [-0.1, -0.05) is 36.4 Å². The van der Waals surface area contributed by atoms with Gasteiger partial charge in [-0.15, -0.1) is 0 Å². The fourth-order valence-corrected chi connectivity index (χ4v) is 4.26. The second kappa shape index (κ2) is 7.52. The van der Waals surface area contributed by atoms with E-state index in [2.05, 4.69) is 0 Å². The lowest BCUT2D eigenvalue weighted by atomic mass is 9.84. The summed E-state index contributed by atoms with van der Waals surface area (Å²) in [6.07, 6.45) is 0.643. The number of rotatable bonds is 5. The van der Waals surface area contributed by atoms with Gasteiger partial charge in [0, 0.05) is 29.0 Å². The molecule has 4 aromatic rings. The number of para-hydroxylation sites is 1. The number of aromatic nitrogens is 1. The summed E-state index contributed by atoms with van der Waals surface area (Å²) in [6.45, 7) is 1.20. The van der Waals surface area contributed by atoms with Crippen LogP contribution in [0.4, 0.5) is 0 Å². The summed E-state index contributed by atoms with van der Waals surface area (Å²) in [5.41, 5.74) is 4.75. The first-order valence-corrected chi connectivity index (χ1v) is 9.96. The number of nitrogens with zero attached hydrogens (tertiary/aromatic N) is 1. The van der Waals surface area contributed by atoms with Gasteiger partial charge >= 0.3 is 0 Å². The smallest absolute Gasteiger partial charge is 0.197 e. The Morgan fingerprint density at radius 2 is 1.63 bits per heavy atom. The van der Waals surface area contributed by atoms with Gasteiger partial charge < -0.3 is 14.0 Å². The molecule has 0 spiro atoms. The van der Waals surface area contributed by atoms with Crippen LogP contribution in [0.5, 0.6) is 0 Å². The molecule has 0 aliphatic heterocycles. The number of pyridine rings is 1. The first kappa shape index (κ1) is 18.7. The molecule has 150 valence electrons. The fraction of sp³-hybridized carbons (Fsp3) is 0.200. The summed E-state index contributed by atoms with van der Waals surface area (Å²) in [4.78, 5) is 26.4. The zero-order valence-electron chi connectivity index (χ0n) is 16.7. The number of hydrogen-bond donors (Lipinski definition) is 0. The third kappa shape index (κ3) is 2.95. The van der Waals surface area contributed by atoms with Crippen LogP contribution in [0.2, 0.25) is 0 Å². The van der Waals surface area contributed by atoms with E-state index in [1.807, 2.05) is 65.2 Å². The number of ether oxygens (including phenoxy) is 2. The standard InChI is InChI=1S/C25H21NO4/c1-29-10-11-30-15-26-22-9-5-4-8-19(22)25(28)21-13-17-12-16-6-2-3-7-18(16)24(27)20(17)14-23(21)26/h2-9,13-14H,10-12,15H2,1H3. The second-order valence-electron chi connectivity index (χ2n) is 7.49. The minimum absolute atomic E-state index is 0.00112. The molecule has 0 unspecified atom stereocenters. The average Bonchev–Trinajstić information content (AvgIpc) is 2.78. The second-order valence-corrected chi connectivity index (χ2v) is 7.49. The van der Waals surface area contributed by atoms with Crippen LogP contribution in [0.1, 0.15) is 27.0 Å². The summed E-state index contributed by atoms with van der Waals surface area (Å²) in [5.74, 6) is 0.00112. The van der Waals surface area contributed by atoms with Crippen LogP contribution < -0.4 is 5.43 Å². The Morgan fingerprint density at radius 1 is 0.833 bits per heavy atom. The highest BCUT2D eigenvalue weighted by Crippen LogP contribution is 2.31. The maximum Gasteiger partial charge on any atom is 0.197 e. The molecule has 3 aromatic carbocycles. The van der Waals surface area contributed by atoms with Crippen molar-refractivity contribution >= 4 is 27.6 Å². The zero-order valence-corrected chi connectivity index (χ0v) is 16.7. The van der Waals surface area contributed by atoms with E-state index in [0.29, 0.717) is 41.5 Å². The van der Waals surface area contributed by atoms with E-state index in [9.17, 15) is 9.59 Å². The molecule has 5 nitrogen and oxygen atoms in total.